The van der Waals surface area contributed by atoms with Crippen LogP contribution in [0.1, 0.15) is 45.9 Å². The van der Waals surface area contributed by atoms with Crippen LogP contribution in [0.3, 0.4) is 0 Å². The average molecular weight is 458 g/mol. The minimum absolute atomic E-state index is 0.181. The first-order chi connectivity index (χ1) is 16.7. The fourth-order valence-electron chi connectivity index (χ4n) is 4.16. The van der Waals surface area contributed by atoms with Crippen molar-refractivity contribution in [1.82, 2.24) is 25.6 Å². The van der Waals surface area contributed by atoms with E-state index in [1.165, 1.54) is 11.1 Å². The Morgan fingerprint density at radius 1 is 1.06 bits per heavy atom. The Morgan fingerprint density at radius 3 is 2.79 bits per heavy atom. The van der Waals surface area contributed by atoms with Gasteiger partial charge in [0.15, 0.2) is 0 Å². The number of nitrogens with zero attached hydrogens (tertiary/aromatic N) is 3. The Bertz CT molecular complexity index is 1220. The molecular formula is C25H27N7O2. The Balaban J connectivity index is 1.28. The number of hydrogen-bond acceptors (Lipinski definition) is 8. The van der Waals surface area contributed by atoms with Crippen molar-refractivity contribution in [2.45, 2.75) is 37.8 Å². The van der Waals surface area contributed by atoms with Gasteiger partial charge in [-0.15, -0.1) is 0 Å². The number of aromatic nitrogens is 3. The van der Waals surface area contributed by atoms with E-state index in [4.69, 9.17) is 9.72 Å². The molecule has 1 saturated heterocycles. The molecule has 1 aromatic carbocycles. The van der Waals surface area contributed by atoms with E-state index in [0.717, 1.165) is 43.7 Å². The molecule has 9 nitrogen and oxygen atoms in total. The Morgan fingerprint density at radius 2 is 1.97 bits per heavy atom. The second-order valence-corrected chi connectivity index (χ2v) is 9.05. The number of rotatable bonds is 7. The number of hydrogen-bond donors (Lipinski definition) is 4. The van der Waals surface area contributed by atoms with Crippen LogP contribution < -0.4 is 21.3 Å². The fraction of sp³-hybridized carbons (Fsp3) is 0.360. The van der Waals surface area contributed by atoms with Crippen molar-refractivity contribution in [2.75, 3.05) is 30.4 Å². The summed E-state index contributed by atoms with van der Waals surface area (Å²) < 4.78 is 5.30. The van der Waals surface area contributed by atoms with Crippen molar-refractivity contribution in [1.29, 1.82) is 0 Å². The SMILES string of the molecule is O=C(NC1CC1)c1cnc(Nc2ccc3c(c2)CNCC3)nc1Nc1cccc(C2COC2)n1. The number of carbonyl (C=O) groups is 1. The lowest BCUT2D eigenvalue weighted by Crippen LogP contribution is -2.27. The second-order valence-electron chi connectivity index (χ2n) is 9.05. The zero-order valence-electron chi connectivity index (χ0n) is 18.8. The molecule has 0 bridgehead atoms. The molecule has 1 saturated carbocycles. The van der Waals surface area contributed by atoms with Crippen LogP contribution in [0.5, 0.6) is 0 Å². The van der Waals surface area contributed by atoms with Crippen LogP contribution in [-0.2, 0) is 17.7 Å². The largest absolute Gasteiger partial charge is 0.380 e. The van der Waals surface area contributed by atoms with Gasteiger partial charge in [-0.3, -0.25) is 4.79 Å². The average Bonchev–Trinajstić information content (AvgIpc) is 3.62. The molecule has 2 aliphatic heterocycles. The van der Waals surface area contributed by atoms with Crippen molar-refractivity contribution >= 4 is 29.2 Å². The predicted octanol–water partition coefficient (Wildman–Crippen LogP) is 3.01. The number of fused-ring (bicyclic) bond motifs is 1. The van der Waals surface area contributed by atoms with Gasteiger partial charge in [-0.1, -0.05) is 12.1 Å². The summed E-state index contributed by atoms with van der Waals surface area (Å²) in [6.07, 6.45) is 4.62. The monoisotopic (exact) mass is 457 g/mol. The molecule has 2 fully saturated rings. The van der Waals surface area contributed by atoms with Crippen LogP contribution in [0.15, 0.2) is 42.6 Å². The topological polar surface area (TPSA) is 113 Å². The molecule has 4 heterocycles. The van der Waals surface area contributed by atoms with E-state index >= 15 is 0 Å². The van der Waals surface area contributed by atoms with Gasteiger partial charge in [0, 0.05) is 30.4 Å². The molecule has 1 aliphatic carbocycles. The summed E-state index contributed by atoms with van der Waals surface area (Å²) in [4.78, 5) is 26.7. The van der Waals surface area contributed by atoms with Crippen molar-refractivity contribution in [3.8, 4) is 0 Å². The normalized spacial score (nSPS) is 17.4. The standard InChI is InChI=1S/C25H27N7O2/c33-24(28-18-6-7-18)20-12-27-25(29-19-5-4-15-8-9-26-11-16(15)10-19)32-23(20)31-22-3-1-2-21(30-22)17-13-34-14-17/h1-5,10,12,17-18,26H,6-9,11,13-14H2,(H,28,33)(H2,27,29,30,31,32). The molecule has 3 aliphatic rings. The van der Waals surface area contributed by atoms with Gasteiger partial charge in [0.1, 0.15) is 17.2 Å². The first-order valence-electron chi connectivity index (χ1n) is 11.8. The lowest BCUT2D eigenvalue weighted by atomic mass is 10.0. The summed E-state index contributed by atoms with van der Waals surface area (Å²) in [5.74, 6) is 1.59. The smallest absolute Gasteiger partial charge is 0.256 e. The molecule has 0 spiro atoms. The predicted molar refractivity (Wildman–Crippen MR) is 129 cm³/mol. The Hall–Kier alpha value is -3.56. The Kier molecular flexibility index (Phi) is 5.56. The molecule has 6 rings (SSSR count). The number of anilines is 4. The quantitative estimate of drug-likeness (QED) is 0.428. The van der Waals surface area contributed by atoms with E-state index in [0.29, 0.717) is 42.3 Å². The first-order valence-corrected chi connectivity index (χ1v) is 11.8. The highest BCUT2D eigenvalue weighted by molar-refractivity contribution is 5.99. The Labute approximate surface area is 197 Å². The van der Waals surface area contributed by atoms with Crippen molar-refractivity contribution < 1.29 is 9.53 Å². The summed E-state index contributed by atoms with van der Waals surface area (Å²) in [7, 11) is 0. The maximum atomic E-state index is 12.9. The molecular weight excluding hydrogens is 430 g/mol. The van der Waals surface area contributed by atoms with E-state index in [1.54, 1.807) is 6.20 Å². The minimum Gasteiger partial charge on any atom is -0.380 e. The third kappa shape index (κ3) is 4.57. The zero-order chi connectivity index (χ0) is 22.9. The van der Waals surface area contributed by atoms with E-state index in [-0.39, 0.29) is 11.9 Å². The summed E-state index contributed by atoms with van der Waals surface area (Å²) in [6, 6.07) is 12.4. The second kappa shape index (κ2) is 9.00. The highest BCUT2D eigenvalue weighted by atomic mass is 16.5. The number of amides is 1. The van der Waals surface area contributed by atoms with E-state index < -0.39 is 0 Å². The van der Waals surface area contributed by atoms with Gasteiger partial charge in [-0.2, -0.15) is 4.98 Å². The van der Waals surface area contributed by atoms with Crippen LogP contribution in [0.25, 0.3) is 0 Å². The molecule has 3 aromatic rings. The van der Waals surface area contributed by atoms with Crippen molar-refractivity contribution in [3.63, 3.8) is 0 Å². The van der Waals surface area contributed by atoms with Gasteiger partial charge in [-0.25, -0.2) is 9.97 Å². The van der Waals surface area contributed by atoms with Gasteiger partial charge in [0.25, 0.3) is 5.91 Å². The molecule has 174 valence electrons. The number of ether oxygens (including phenoxy) is 1. The van der Waals surface area contributed by atoms with Gasteiger partial charge < -0.3 is 26.0 Å². The van der Waals surface area contributed by atoms with E-state index in [9.17, 15) is 4.79 Å². The first kappa shape index (κ1) is 21.0. The number of benzene rings is 1. The summed E-state index contributed by atoms with van der Waals surface area (Å²) in [5, 5.41) is 13.0. The van der Waals surface area contributed by atoms with Crippen LogP contribution in [-0.4, -0.2) is 46.7 Å². The van der Waals surface area contributed by atoms with E-state index in [1.807, 2.05) is 24.3 Å². The highest BCUT2D eigenvalue weighted by Crippen LogP contribution is 2.27. The molecule has 9 heteroatoms. The molecule has 0 radical (unpaired) electrons. The molecule has 4 N–H and O–H groups in total. The van der Waals surface area contributed by atoms with Gasteiger partial charge in [0.05, 0.1) is 18.9 Å². The molecule has 1 amide bonds. The zero-order valence-corrected chi connectivity index (χ0v) is 18.8. The lowest BCUT2D eigenvalue weighted by Gasteiger charge is -2.25. The minimum atomic E-state index is -0.181. The third-order valence-electron chi connectivity index (χ3n) is 6.37. The molecule has 0 unspecified atom stereocenters. The van der Waals surface area contributed by atoms with Crippen LogP contribution in [0.4, 0.5) is 23.3 Å². The fourth-order valence-corrected chi connectivity index (χ4v) is 4.16. The van der Waals surface area contributed by atoms with Crippen LogP contribution in [0, 0.1) is 0 Å². The summed E-state index contributed by atoms with van der Waals surface area (Å²) >= 11 is 0. The van der Waals surface area contributed by atoms with Crippen molar-refractivity contribution in [2.24, 2.45) is 0 Å². The molecule has 2 aromatic heterocycles. The maximum absolute atomic E-state index is 12.9. The van der Waals surface area contributed by atoms with Crippen LogP contribution in [0.2, 0.25) is 0 Å². The number of pyridine rings is 1. The highest BCUT2D eigenvalue weighted by Gasteiger charge is 2.26. The molecule has 34 heavy (non-hydrogen) atoms. The van der Waals surface area contributed by atoms with Gasteiger partial charge >= 0.3 is 0 Å². The maximum Gasteiger partial charge on any atom is 0.256 e. The van der Waals surface area contributed by atoms with Crippen LogP contribution >= 0.6 is 0 Å². The lowest BCUT2D eigenvalue weighted by molar-refractivity contribution is 0.00677. The van der Waals surface area contributed by atoms with E-state index in [2.05, 4.69) is 43.4 Å². The summed E-state index contributed by atoms with van der Waals surface area (Å²) in [5.41, 5.74) is 4.91. The number of nitrogens with one attached hydrogen (secondary N) is 4. The van der Waals surface area contributed by atoms with Gasteiger partial charge in [0.2, 0.25) is 5.95 Å². The molecule has 0 atom stereocenters. The third-order valence-corrected chi connectivity index (χ3v) is 6.37. The number of carbonyl (C=O) groups excluding carboxylic acids is 1. The summed E-state index contributed by atoms with van der Waals surface area (Å²) in [6.45, 7) is 3.23. The van der Waals surface area contributed by atoms with Gasteiger partial charge in [-0.05, 0) is 61.2 Å². The van der Waals surface area contributed by atoms with Crippen molar-refractivity contribution in [3.05, 3.63) is 65.0 Å².